The van der Waals surface area contributed by atoms with Crippen molar-refractivity contribution >= 4 is 5.97 Å². The predicted molar refractivity (Wildman–Crippen MR) is 91.7 cm³/mol. The molecule has 2 saturated heterocycles. The Hall–Kier alpha value is -0.650. The zero-order chi connectivity index (χ0) is 16.8. The third-order valence-corrected chi connectivity index (χ3v) is 5.60. The lowest BCUT2D eigenvalue weighted by Gasteiger charge is -2.36. The summed E-state index contributed by atoms with van der Waals surface area (Å²) in [5.41, 5.74) is 0. The molecule has 0 aliphatic carbocycles. The number of hydrogen-bond donors (Lipinski definition) is 1. The molecule has 1 atom stereocenters. The van der Waals surface area contributed by atoms with E-state index in [1.54, 1.807) is 0 Å². The molecule has 0 amide bonds. The quantitative estimate of drug-likeness (QED) is 0.779. The van der Waals surface area contributed by atoms with Crippen LogP contribution in [0.25, 0.3) is 0 Å². The predicted octanol–water partition coefficient (Wildman–Crippen LogP) is 2.45. The molecular weight excluding hydrogens is 292 g/mol. The molecule has 0 spiro atoms. The summed E-state index contributed by atoms with van der Waals surface area (Å²) in [5.74, 6) is -0.769. The van der Waals surface area contributed by atoms with E-state index in [1.165, 1.54) is 0 Å². The van der Waals surface area contributed by atoms with Crippen molar-refractivity contribution in [3.63, 3.8) is 0 Å². The Morgan fingerprint density at radius 1 is 1.04 bits per heavy atom. The summed E-state index contributed by atoms with van der Waals surface area (Å²) in [6, 6.07) is 1.13. The standard InChI is InChI=1S/C18H34N2O3/c1-14(2)19-11-6-17(7-12-19)23-13-8-15(3)20-9-4-16(5-10-20)18(21)22/h14-17H,4-13H2,1-3H3,(H,21,22). The van der Waals surface area contributed by atoms with Gasteiger partial charge < -0.3 is 19.6 Å². The van der Waals surface area contributed by atoms with Crippen molar-refractivity contribution in [1.82, 2.24) is 9.80 Å². The lowest BCUT2D eigenvalue weighted by molar-refractivity contribution is -0.143. The molecular formula is C18H34N2O3. The average Bonchev–Trinajstić information content (AvgIpc) is 2.55. The molecule has 134 valence electrons. The molecule has 2 fully saturated rings. The van der Waals surface area contributed by atoms with Crippen LogP contribution in [0.1, 0.15) is 52.9 Å². The Kier molecular flexibility index (Phi) is 7.31. The number of carboxylic acids is 1. The first-order valence-corrected chi connectivity index (χ1v) is 9.30. The highest BCUT2D eigenvalue weighted by atomic mass is 16.5. The van der Waals surface area contributed by atoms with Gasteiger partial charge in [-0.3, -0.25) is 4.79 Å². The maximum Gasteiger partial charge on any atom is 0.306 e. The first-order chi connectivity index (χ1) is 11.0. The highest BCUT2D eigenvalue weighted by molar-refractivity contribution is 5.70. The van der Waals surface area contributed by atoms with Crippen LogP contribution < -0.4 is 0 Å². The van der Waals surface area contributed by atoms with Crippen LogP contribution in [-0.4, -0.2) is 71.8 Å². The van der Waals surface area contributed by atoms with Crippen molar-refractivity contribution in [2.24, 2.45) is 5.92 Å². The van der Waals surface area contributed by atoms with Crippen LogP contribution in [0.5, 0.6) is 0 Å². The van der Waals surface area contributed by atoms with Gasteiger partial charge in [-0.15, -0.1) is 0 Å². The van der Waals surface area contributed by atoms with Gasteiger partial charge >= 0.3 is 5.97 Å². The van der Waals surface area contributed by atoms with E-state index in [-0.39, 0.29) is 5.92 Å². The Balaban J connectivity index is 1.59. The van der Waals surface area contributed by atoms with Crippen LogP contribution in [0.15, 0.2) is 0 Å². The molecule has 0 aromatic rings. The van der Waals surface area contributed by atoms with Gasteiger partial charge in [0, 0.05) is 31.8 Å². The van der Waals surface area contributed by atoms with Gasteiger partial charge in [-0.05, 0) is 66.0 Å². The monoisotopic (exact) mass is 326 g/mol. The van der Waals surface area contributed by atoms with Gasteiger partial charge in [0.1, 0.15) is 0 Å². The number of hydrogen-bond acceptors (Lipinski definition) is 4. The normalized spacial score (nSPS) is 24.2. The topological polar surface area (TPSA) is 53.0 Å². The minimum absolute atomic E-state index is 0.138. The molecule has 2 aliphatic heterocycles. The Bertz CT molecular complexity index is 359. The van der Waals surface area contributed by atoms with E-state index in [2.05, 4.69) is 30.6 Å². The number of rotatable bonds is 7. The fourth-order valence-corrected chi connectivity index (χ4v) is 3.73. The van der Waals surface area contributed by atoms with Gasteiger partial charge in [-0.2, -0.15) is 0 Å². The molecule has 2 aliphatic rings. The summed E-state index contributed by atoms with van der Waals surface area (Å²) in [7, 11) is 0. The van der Waals surface area contributed by atoms with E-state index in [0.717, 1.165) is 64.9 Å². The van der Waals surface area contributed by atoms with E-state index < -0.39 is 5.97 Å². The van der Waals surface area contributed by atoms with Gasteiger partial charge in [0.15, 0.2) is 0 Å². The smallest absolute Gasteiger partial charge is 0.306 e. The third kappa shape index (κ3) is 5.73. The zero-order valence-corrected chi connectivity index (χ0v) is 15.0. The summed E-state index contributed by atoms with van der Waals surface area (Å²) < 4.78 is 6.08. The summed E-state index contributed by atoms with van der Waals surface area (Å²) in [5, 5.41) is 9.06. The fourth-order valence-electron chi connectivity index (χ4n) is 3.73. The average molecular weight is 326 g/mol. The molecule has 2 rings (SSSR count). The number of likely N-dealkylation sites (tertiary alicyclic amines) is 2. The van der Waals surface area contributed by atoms with Crippen LogP contribution in [-0.2, 0) is 9.53 Å². The number of carboxylic acid groups (broad SMARTS) is 1. The molecule has 0 radical (unpaired) electrons. The first-order valence-electron chi connectivity index (χ1n) is 9.30. The van der Waals surface area contributed by atoms with Crippen LogP contribution in [0, 0.1) is 5.92 Å². The van der Waals surface area contributed by atoms with E-state index >= 15 is 0 Å². The number of aliphatic carboxylic acids is 1. The second kappa shape index (κ2) is 9.00. The van der Waals surface area contributed by atoms with Crippen molar-refractivity contribution in [3.05, 3.63) is 0 Å². The van der Waals surface area contributed by atoms with Crippen molar-refractivity contribution in [2.45, 2.75) is 71.1 Å². The molecule has 5 nitrogen and oxygen atoms in total. The summed E-state index contributed by atoms with van der Waals surface area (Å²) in [6.45, 7) is 11.7. The van der Waals surface area contributed by atoms with Gasteiger partial charge in [-0.25, -0.2) is 0 Å². The molecule has 0 bridgehead atoms. The highest BCUT2D eigenvalue weighted by Crippen LogP contribution is 2.21. The summed E-state index contributed by atoms with van der Waals surface area (Å²) in [6.07, 6.45) is 5.34. The van der Waals surface area contributed by atoms with Gasteiger partial charge in [0.05, 0.1) is 12.0 Å². The van der Waals surface area contributed by atoms with Crippen molar-refractivity contribution in [2.75, 3.05) is 32.8 Å². The van der Waals surface area contributed by atoms with Crippen LogP contribution in [0.2, 0.25) is 0 Å². The number of ether oxygens (including phenoxy) is 1. The Morgan fingerprint density at radius 2 is 1.61 bits per heavy atom. The summed E-state index contributed by atoms with van der Waals surface area (Å²) >= 11 is 0. The largest absolute Gasteiger partial charge is 0.481 e. The Morgan fingerprint density at radius 3 is 2.13 bits per heavy atom. The van der Waals surface area contributed by atoms with E-state index in [4.69, 9.17) is 9.84 Å². The second-order valence-electron chi connectivity index (χ2n) is 7.49. The minimum atomic E-state index is -0.631. The van der Waals surface area contributed by atoms with Gasteiger partial charge in [0.25, 0.3) is 0 Å². The highest BCUT2D eigenvalue weighted by Gasteiger charge is 2.27. The molecule has 2 heterocycles. The van der Waals surface area contributed by atoms with E-state index in [0.29, 0.717) is 18.2 Å². The Labute approximate surface area is 141 Å². The second-order valence-corrected chi connectivity index (χ2v) is 7.49. The first kappa shape index (κ1) is 18.7. The molecule has 0 aromatic heterocycles. The van der Waals surface area contributed by atoms with E-state index in [9.17, 15) is 4.79 Å². The van der Waals surface area contributed by atoms with Crippen LogP contribution in [0.3, 0.4) is 0 Å². The molecule has 1 unspecified atom stereocenters. The van der Waals surface area contributed by atoms with Gasteiger partial charge in [0.2, 0.25) is 0 Å². The molecule has 0 aromatic carbocycles. The number of nitrogens with zero attached hydrogens (tertiary/aromatic N) is 2. The SMILES string of the molecule is CC(C)N1CCC(OCCC(C)N2CCC(C(=O)O)CC2)CC1. The maximum absolute atomic E-state index is 11.0. The summed E-state index contributed by atoms with van der Waals surface area (Å²) in [4.78, 5) is 15.9. The zero-order valence-electron chi connectivity index (χ0n) is 15.0. The van der Waals surface area contributed by atoms with E-state index in [1.807, 2.05) is 0 Å². The molecule has 1 N–H and O–H groups in total. The molecule has 0 saturated carbocycles. The van der Waals surface area contributed by atoms with Crippen LogP contribution in [0.4, 0.5) is 0 Å². The van der Waals surface area contributed by atoms with Crippen molar-refractivity contribution in [1.29, 1.82) is 0 Å². The molecule has 23 heavy (non-hydrogen) atoms. The minimum Gasteiger partial charge on any atom is -0.481 e. The number of carbonyl (C=O) groups is 1. The van der Waals surface area contributed by atoms with Crippen molar-refractivity contribution in [3.8, 4) is 0 Å². The molecule has 5 heteroatoms. The number of piperidine rings is 2. The fraction of sp³-hybridized carbons (Fsp3) is 0.944. The van der Waals surface area contributed by atoms with Gasteiger partial charge in [-0.1, -0.05) is 0 Å². The lowest BCUT2D eigenvalue weighted by atomic mass is 9.96. The van der Waals surface area contributed by atoms with Crippen molar-refractivity contribution < 1.29 is 14.6 Å². The third-order valence-electron chi connectivity index (χ3n) is 5.60. The lowest BCUT2D eigenvalue weighted by Crippen LogP contribution is -2.43. The maximum atomic E-state index is 11.0. The van der Waals surface area contributed by atoms with Crippen LogP contribution >= 0.6 is 0 Å².